The van der Waals surface area contributed by atoms with Gasteiger partial charge in [0.25, 0.3) is 0 Å². The van der Waals surface area contributed by atoms with Crippen LogP contribution in [0.25, 0.3) is 0 Å². The smallest absolute Gasteiger partial charge is 0.127 e. The minimum Gasteiger partial charge on any atom is -0.327 e. The van der Waals surface area contributed by atoms with Crippen molar-refractivity contribution in [3.8, 4) is 0 Å². The molecule has 0 fully saturated rings. The Balaban J connectivity index is 3.24. The van der Waals surface area contributed by atoms with Gasteiger partial charge in [0.05, 0.1) is 0 Å². The Bertz CT molecular complexity index is 334. The fourth-order valence-corrected chi connectivity index (χ4v) is 1.41. The second kappa shape index (κ2) is 3.87. The maximum atomic E-state index is 13.5. The highest BCUT2D eigenvalue weighted by atomic mass is 35.5. The summed E-state index contributed by atoms with van der Waals surface area (Å²) in [5, 5.41) is 0.537. The zero-order chi connectivity index (χ0) is 10.9. The van der Waals surface area contributed by atoms with E-state index in [0.29, 0.717) is 10.6 Å². The number of benzene rings is 1. The number of hydrogen-bond donors (Lipinski definition) is 1. The molecule has 0 aliphatic carbocycles. The van der Waals surface area contributed by atoms with Gasteiger partial charge in [-0.2, -0.15) is 0 Å². The molecule has 0 bridgehead atoms. The van der Waals surface area contributed by atoms with Crippen molar-refractivity contribution in [3.05, 3.63) is 34.6 Å². The van der Waals surface area contributed by atoms with E-state index in [0.717, 1.165) is 0 Å². The van der Waals surface area contributed by atoms with Crippen molar-refractivity contribution in [1.29, 1.82) is 0 Å². The van der Waals surface area contributed by atoms with E-state index in [2.05, 4.69) is 0 Å². The van der Waals surface area contributed by atoms with Gasteiger partial charge < -0.3 is 5.73 Å². The van der Waals surface area contributed by atoms with Crippen LogP contribution in [0.1, 0.15) is 26.3 Å². The Morgan fingerprint density at radius 1 is 1.43 bits per heavy atom. The van der Waals surface area contributed by atoms with Crippen LogP contribution >= 0.6 is 11.6 Å². The predicted octanol–water partition coefficient (Wildman–Crippen LogP) is 3.10. The minimum atomic E-state index is -0.408. The summed E-state index contributed by atoms with van der Waals surface area (Å²) in [6, 6.07) is 4.43. The average molecular weight is 216 g/mol. The first-order chi connectivity index (χ1) is 6.35. The molecule has 0 heterocycles. The fourth-order valence-electron chi connectivity index (χ4n) is 1.24. The van der Waals surface area contributed by atoms with E-state index in [-0.39, 0.29) is 11.9 Å². The van der Waals surface area contributed by atoms with Gasteiger partial charge in [-0.1, -0.05) is 25.4 Å². The second-order valence-corrected chi connectivity index (χ2v) is 4.57. The molecule has 0 spiro atoms. The number of halogens is 2. The van der Waals surface area contributed by atoms with Crippen LogP contribution in [-0.2, 0) is 5.41 Å². The van der Waals surface area contributed by atoms with E-state index in [4.69, 9.17) is 17.3 Å². The highest BCUT2D eigenvalue weighted by molar-refractivity contribution is 6.30. The molecule has 1 nitrogen and oxygen atoms in total. The summed E-state index contributed by atoms with van der Waals surface area (Å²) >= 11 is 5.82. The summed E-state index contributed by atoms with van der Waals surface area (Å²) in [5.41, 5.74) is 5.97. The minimum absolute atomic E-state index is 0.129. The van der Waals surface area contributed by atoms with Crippen LogP contribution in [0.3, 0.4) is 0 Å². The SMILES string of the molecule is CC(N)C(C)(C)c1cc(Cl)ccc1F. The lowest BCUT2D eigenvalue weighted by atomic mass is 9.78. The van der Waals surface area contributed by atoms with Crippen LogP contribution in [0.5, 0.6) is 0 Å². The van der Waals surface area contributed by atoms with Crippen LogP contribution in [0.15, 0.2) is 18.2 Å². The van der Waals surface area contributed by atoms with Gasteiger partial charge >= 0.3 is 0 Å². The van der Waals surface area contributed by atoms with Gasteiger partial charge in [0, 0.05) is 16.5 Å². The molecule has 1 aromatic carbocycles. The number of hydrogen-bond acceptors (Lipinski definition) is 1. The molecule has 0 aliphatic rings. The zero-order valence-corrected chi connectivity index (χ0v) is 9.40. The lowest BCUT2D eigenvalue weighted by Gasteiger charge is -2.30. The summed E-state index contributed by atoms with van der Waals surface area (Å²) in [6.07, 6.45) is 0. The molecule has 14 heavy (non-hydrogen) atoms. The van der Waals surface area contributed by atoms with Crippen LogP contribution in [-0.4, -0.2) is 6.04 Å². The van der Waals surface area contributed by atoms with E-state index in [1.165, 1.54) is 12.1 Å². The second-order valence-electron chi connectivity index (χ2n) is 4.13. The van der Waals surface area contributed by atoms with Gasteiger partial charge in [-0.25, -0.2) is 4.39 Å². The Kier molecular flexibility index (Phi) is 3.17. The van der Waals surface area contributed by atoms with E-state index in [1.54, 1.807) is 6.07 Å². The average Bonchev–Trinajstić information content (AvgIpc) is 2.08. The first-order valence-corrected chi connectivity index (χ1v) is 4.94. The molecule has 2 N–H and O–H groups in total. The maximum absolute atomic E-state index is 13.5. The largest absolute Gasteiger partial charge is 0.327 e. The third-order valence-corrected chi connectivity index (χ3v) is 3.00. The molecule has 0 saturated carbocycles. The molecular formula is C11H15ClFN. The quantitative estimate of drug-likeness (QED) is 0.806. The lowest BCUT2D eigenvalue weighted by Crippen LogP contribution is -2.38. The first kappa shape index (κ1) is 11.5. The molecule has 0 saturated heterocycles. The third kappa shape index (κ3) is 2.07. The lowest BCUT2D eigenvalue weighted by molar-refractivity contribution is 0.412. The molecule has 0 aliphatic heterocycles. The van der Waals surface area contributed by atoms with Gasteiger partial charge in [-0.15, -0.1) is 0 Å². The van der Waals surface area contributed by atoms with Gasteiger partial charge in [-0.3, -0.25) is 0 Å². The molecule has 1 atom stereocenters. The topological polar surface area (TPSA) is 26.0 Å². The van der Waals surface area contributed by atoms with E-state index >= 15 is 0 Å². The standard InChI is InChI=1S/C11H15ClFN/c1-7(14)11(2,3)9-6-8(12)4-5-10(9)13/h4-7H,14H2,1-3H3. The predicted molar refractivity (Wildman–Crippen MR) is 58.1 cm³/mol. The number of rotatable bonds is 2. The molecule has 0 amide bonds. The van der Waals surface area contributed by atoms with Crippen molar-refractivity contribution in [3.63, 3.8) is 0 Å². The highest BCUT2D eigenvalue weighted by Gasteiger charge is 2.28. The molecule has 0 radical (unpaired) electrons. The van der Waals surface area contributed by atoms with Gasteiger partial charge in [0.2, 0.25) is 0 Å². The van der Waals surface area contributed by atoms with Gasteiger partial charge in [0.1, 0.15) is 5.82 Å². The monoisotopic (exact) mass is 215 g/mol. The van der Waals surface area contributed by atoms with E-state index in [1.807, 2.05) is 20.8 Å². The molecular weight excluding hydrogens is 201 g/mol. The van der Waals surface area contributed by atoms with Gasteiger partial charge in [0.15, 0.2) is 0 Å². The van der Waals surface area contributed by atoms with E-state index < -0.39 is 5.41 Å². The van der Waals surface area contributed by atoms with Crippen molar-refractivity contribution in [2.45, 2.75) is 32.2 Å². The van der Waals surface area contributed by atoms with E-state index in [9.17, 15) is 4.39 Å². The Morgan fingerprint density at radius 2 is 2.00 bits per heavy atom. The van der Waals surface area contributed by atoms with Crippen molar-refractivity contribution in [2.75, 3.05) is 0 Å². The molecule has 1 aromatic rings. The van der Waals surface area contributed by atoms with Crippen LogP contribution < -0.4 is 5.73 Å². The summed E-state index contributed by atoms with van der Waals surface area (Å²) in [4.78, 5) is 0. The van der Waals surface area contributed by atoms with Crippen molar-refractivity contribution < 1.29 is 4.39 Å². The Labute approximate surface area is 89.1 Å². The third-order valence-electron chi connectivity index (χ3n) is 2.76. The summed E-state index contributed by atoms with van der Waals surface area (Å²) in [6.45, 7) is 5.68. The number of nitrogens with two attached hydrogens (primary N) is 1. The molecule has 3 heteroatoms. The molecule has 78 valence electrons. The van der Waals surface area contributed by atoms with Crippen LogP contribution in [0.4, 0.5) is 4.39 Å². The summed E-state index contributed by atoms with van der Waals surface area (Å²) in [7, 11) is 0. The van der Waals surface area contributed by atoms with Crippen molar-refractivity contribution in [2.24, 2.45) is 5.73 Å². The fraction of sp³-hybridized carbons (Fsp3) is 0.455. The molecule has 1 rings (SSSR count). The molecule has 0 aromatic heterocycles. The summed E-state index contributed by atoms with van der Waals surface area (Å²) < 4.78 is 13.5. The maximum Gasteiger partial charge on any atom is 0.127 e. The van der Waals surface area contributed by atoms with Crippen LogP contribution in [0.2, 0.25) is 5.02 Å². The molecule has 1 unspecified atom stereocenters. The highest BCUT2D eigenvalue weighted by Crippen LogP contribution is 2.30. The normalized spacial score (nSPS) is 14.1. The van der Waals surface area contributed by atoms with Crippen molar-refractivity contribution >= 4 is 11.6 Å². The van der Waals surface area contributed by atoms with Crippen molar-refractivity contribution in [1.82, 2.24) is 0 Å². The Morgan fingerprint density at radius 3 is 2.50 bits per heavy atom. The van der Waals surface area contributed by atoms with Gasteiger partial charge in [-0.05, 0) is 30.7 Å². The van der Waals surface area contributed by atoms with Crippen LogP contribution in [0, 0.1) is 5.82 Å². The zero-order valence-electron chi connectivity index (χ0n) is 8.64. The Hall–Kier alpha value is -0.600. The first-order valence-electron chi connectivity index (χ1n) is 4.57. The summed E-state index contributed by atoms with van der Waals surface area (Å²) in [5.74, 6) is -0.253.